The van der Waals surface area contributed by atoms with Crippen molar-refractivity contribution in [2.24, 2.45) is 4.99 Å². The van der Waals surface area contributed by atoms with Gasteiger partial charge < -0.3 is 24.4 Å². The van der Waals surface area contributed by atoms with E-state index in [9.17, 15) is 0 Å². The first-order chi connectivity index (χ1) is 13.2. The van der Waals surface area contributed by atoms with Gasteiger partial charge in [-0.15, -0.1) is 24.0 Å². The van der Waals surface area contributed by atoms with Gasteiger partial charge in [0.25, 0.3) is 0 Å². The molecule has 0 radical (unpaired) electrons. The highest BCUT2D eigenvalue weighted by Crippen LogP contribution is 2.33. The minimum atomic E-state index is 0. The highest BCUT2D eigenvalue weighted by atomic mass is 127. The number of ether oxygens (including phenoxy) is 3. The number of fused-ring (bicyclic) bond motifs is 1. The van der Waals surface area contributed by atoms with E-state index in [1.165, 1.54) is 11.1 Å². The van der Waals surface area contributed by atoms with Crippen molar-refractivity contribution >= 4 is 29.9 Å². The monoisotopic (exact) mass is 504 g/mol. The molecule has 1 saturated heterocycles. The van der Waals surface area contributed by atoms with E-state index in [1.807, 2.05) is 0 Å². The lowest BCUT2D eigenvalue weighted by atomic mass is 9.99. The van der Waals surface area contributed by atoms with Crippen LogP contribution in [0.4, 0.5) is 0 Å². The standard InChI is InChI=1S/C20H32N4O3.HI/c1-4-21-20(22-6-8-23-9-11-27-12-10-23)24-7-5-16-13-18(25-2)19(26-3)14-17(16)15-24;/h13-14H,4-12,15H2,1-3H3,(H,21,22);1H. The Morgan fingerprint density at radius 2 is 1.79 bits per heavy atom. The third-order valence-corrected chi connectivity index (χ3v) is 5.13. The molecule has 1 aromatic rings. The molecular formula is C20H33IN4O3. The van der Waals surface area contributed by atoms with Crippen LogP contribution >= 0.6 is 24.0 Å². The van der Waals surface area contributed by atoms with E-state index >= 15 is 0 Å². The molecule has 1 fully saturated rings. The maximum atomic E-state index is 5.47. The van der Waals surface area contributed by atoms with Gasteiger partial charge in [-0.2, -0.15) is 0 Å². The van der Waals surface area contributed by atoms with Gasteiger partial charge in [-0.1, -0.05) is 0 Å². The number of guanidine groups is 1. The summed E-state index contributed by atoms with van der Waals surface area (Å²) < 4.78 is 16.3. The number of methoxy groups -OCH3 is 2. The molecule has 2 aliphatic rings. The van der Waals surface area contributed by atoms with E-state index in [0.29, 0.717) is 0 Å². The van der Waals surface area contributed by atoms with Gasteiger partial charge in [0.2, 0.25) is 0 Å². The van der Waals surface area contributed by atoms with Gasteiger partial charge in [0.05, 0.1) is 34.0 Å². The highest BCUT2D eigenvalue weighted by molar-refractivity contribution is 14.0. The molecule has 0 bridgehead atoms. The third kappa shape index (κ3) is 5.87. The maximum absolute atomic E-state index is 5.47. The van der Waals surface area contributed by atoms with Crippen molar-refractivity contribution in [3.63, 3.8) is 0 Å². The first kappa shape index (κ1) is 23.0. The summed E-state index contributed by atoms with van der Waals surface area (Å²) in [5.74, 6) is 2.58. The van der Waals surface area contributed by atoms with E-state index < -0.39 is 0 Å². The second-order valence-electron chi connectivity index (χ2n) is 6.84. The summed E-state index contributed by atoms with van der Waals surface area (Å²) in [4.78, 5) is 9.62. The normalized spacial score (nSPS) is 17.5. The zero-order chi connectivity index (χ0) is 19.1. The Hall–Kier alpha value is -1.26. The summed E-state index contributed by atoms with van der Waals surface area (Å²) in [6.07, 6.45) is 0.976. The van der Waals surface area contributed by atoms with Gasteiger partial charge in [-0.25, -0.2) is 0 Å². The second kappa shape index (κ2) is 11.7. The van der Waals surface area contributed by atoms with Crippen molar-refractivity contribution in [3.05, 3.63) is 23.3 Å². The first-order valence-corrected chi connectivity index (χ1v) is 9.82. The number of halogens is 1. The number of aliphatic imine (C=N–C) groups is 1. The summed E-state index contributed by atoms with van der Waals surface area (Å²) in [6, 6.07) is 4.20. The zero-order valence-electron chi connectivity index (χ0n) is 17.2. The summed E-state index contributed by atoms with van der Waals surface area (Å²) in [7, 11) is 3.37. The lowest BCUT2D eigenvalue weighted by molar-refractivity contribution is 0.0394. The molecule has 0 unspecified atom stereocenters. The molecule has 0 amide bonds. The van der Waals surface area contributed by atoms with Gasteiger partial charge in [-0.05, 0) is 36.6 Å². The van der Waals surface area contributed by atoms with Gasteiger partial charge in [0.1, 0.15) is 0 Å². The Balaban J connectivity index is 0.00000280. The van der Waals surface area contributed by atoms with Crippen LogP contribution in [0.2, 0.25) is 0 Å². The molecule has 0 saturated carbocycles. The highest BCUT2D eigenvalue weighted by Gasteiger charge is 2.21. The minimum Gasteiger partial charge on any atom is -0.493 e. The number of hydrogen-bond acceptors (Lipinski definition) is 5. The number of hydrogen-bond donors (Lipinski definition) is 1. The fourth-order valence-corrected chi connectivity index (χ4v) is 3.61. The van der Waals surface area contributed by atoms with Crippen molar-refractivity contribution in [3.8, 4) is 11.5 Å². The van der Waals surface area contributed by atoms with Crippen LogP contribution in [0.5, 0.6) is 11.5 Å². The van der Waals surface area contributed by atoms with Crippen LogP contribution in [0.1, 0.15) is 18.1 Å². The number of nitrogens with zero attached hydrogens (tertiary/aromatic N) is 3. The topological polar surface area (TPSA) is 58.6 Å². The average molecular weight is 504 g/mol. The third-order valence-electron chi connectivity index (χ3n) is 5.13. The van der Waals surface area contributed by atoms with Crippen molar-refractivity contribution < 1.29 is 14.2 Å². The maximum Gasteiger partial charge on any atom is 0.194 e. The quantitative estimate of drug-likeness (QED) is 0.364. The van der Waals surface area contributed by atoms with Crippen LogP contribution in [-0.2, 0) is 17.7 Å². The lowest BCUT2D eigenvalue weighted by Crippen LogP contribution is -2.44. The fourth-order valence-electron chi connectivity index (χ4n) is 3.61. The summed E-state index contributed by atoms with van der Waals surface area (Å²) >= 11 is 0. The largest absolute Gasteiger partial charge is 0.493 e. The first-order valence-electron chi connectivity index (χ1n) is 9.82. The summed E-state index contributed by atoms with van der Waals surface area (Å²) in [5, 5.41) is 3.45. The molecule has 0 spiro atoms. The van der Waals surface area contributed by atoms with Crippen molar-refractivity contribution in [1.29, 1.82) is 0 Å². The molecule has 28 heavy (non-hydrogen) atoms. The van der Waals surface area contributed by atoms with Crippen LogP contribution in [0.15, 0.2) is 17.1 Å². The van der Waals surface area contributed by atoms with E-state index in [0.717, 1.165) is 82.9 Å². The molecule has 7 nitrogen and oxygen atoms in total. The van der Waals surface area contributed by atoms with E-state index in [-0.39, 0.29) is 24.0 Å². The Bertz CT molecular complexity index is 651. The molecule has 0 aromatic heterocycles. The van der Waals surface area contributed by atoms with Crippen LogP contribution in [0.25, 0.3) is 0 Å². The van der Waals surface area contributed by atoms with Crippen molar-refractivity contribution in [2.45, 2.75) is 19.9 Å². The summed E-state index contributed by atoms with van der Waals surface area (Å²) in [6.45, 7) is 10.2. The Labute approximate surface area is 185 Å². The van der Waals surface area contributed by atoms with Gasteiger partial charge >= 0.3 is 0 Å². The molecule has 1 N–H and O–H groups in total. The predicted molar refractivity (Wildman–Crippen MR) is 122 cm³/mol. The zero-order valence-corrected chi connectivity index (χ0v) is 19.5. The smallest absolute Gasteiger partial charge is 0.194 e. The molecule has 1 aromatic carbocycles. The molecule has 2 heterocycles. The average Bonchev–Trinajstić information content (AvgIpc) is 2.72. The second-order valence-corrected chi connectivity index (χ2v) is 6.84. The number of morpholine rings is 1. The Kier molecular flexibility index (Phi) is 9.60. The molecule has 0 atom stereocenters. The SMILES string of the molecule is CCNC(=NCCN1CCOCC1)N1CCc2cc(OC)c(OC)cc2C1.I. The molecule has 8 heteroatoms. The molecular weight excluding hydrogens is 471 g/mol. The molecule has 0 aliphatic carbocycles. The van der Waals surface area contributed by atoms with Crippen LogP contribution in [0, 0.1) is 0 Å². The van der Waals surface area contributed by atoms with E-state index in [4.69, 9.17) is 19.2 Å². The lowest BCUT2D eigenvalue weighted by Gasteiger charge is -2.32. The van der Waals surface area contributed by atoms with Gasteiger partial charge in [0, 0.05) is 39.3 Å². The van der Waals surface area contributed by atoms with Crippen LogP contribution in [0.3, 0.4) is 0 Å². The van der Waals surface area contributed by atoms with Crippen LogP contribution in [-0.4, -0.2) is 82.5 Å². The Morgan fingerprint density at radius 1 is 1.11 bits per heavy atom. The van der Waals surface area contributed by atoms with E-state index in [1.54, 1.807) is 14.2 Å². The summed E-state index contributed by atoms with van der Waals surface area (Å²) in [5.41, 5.74) is 2.60. The number of rotatable bonds is 6. The fraction of sp³-hybridized carbons (Fsp3) is 0.650. The van der Waals surface area contributed by atoms with Gasteiger partial charge in [0.15, 0.2) is 17.5 Å². The van der Waals surface area contributed by atoms with Gasteiger partial charge in [-0.3, -0.25) is 9.89 Å². The van der Waals surface area contributed by atoms with Crippen LogP contribution < -0.4 is 14.8 Å². The number of nitrogens with one attached hydrogen (secondary N) is 1. The predicted octanol–water partition coefficient (Wildman–Crippen LogP) is 1.98. The molecule has 2 aliphatic heterocycles. The van der Waals surface area contributed by atoms with Crippen molar-refractivity contribution in [1.82, 2.24) is 15.1 Å². The van der Waals surface area contributed by atoms with E-state index in [2.05, 4.69) is 34.2 Å². The molecule has 158 valence electrons. The molecule has 3 rings (SSSR count). The Morgan fingerprint density at radius 3 is 2.43 bits per heavy atom. The number of benzene rings is 1. The van der Waals surface area contributed by atoms with Crippen molar-refractivity contribution in [2.75, 3.05) is 66.7 Å². The minimum absolute atomic E-state index is 0.